The molecule has 9 heteroatoms. The van der Waals surface area contributed by atoms with Gasteiger partial charge in [0.2, 0.25) is 5.78 Å². The second-order valence-electron chi connectivity index (χ2n) is 6.51. The standard InChI is InChI=1S/C15H13NO3.C4H11NO3.Na.H/c17-14(10-4-2-1-3-5-10)13-7-6-12-11(15(18)19)8-9-16(12)13;5-4(1-6,2-7)3-8;;/h1-7,11H,8-9H2,(H,18,19);6-8H,1-3,5H2;;. The molecule has 1 aromatic heterocycles. The predicted octanol–water partition coefficient (Wildman–Crippen LogP) is -0.697. The molecule has 0 amide bonds. The minimum atomic E-state index is -1.21. The molecule has 0 saturated heterocycles. The molecule has 8 nitrogen and oxygen atoms in total. The molecule has 3 rings (SSSR count). The van der Waals surface area contributed by atoms with Crippen LogP contribution in [0.3, 0.4) is 0 Å². The summed E-state index contributed by atoms with van der Waals surface area (Å²) in [7, 11) is 0. The average molecular weight is 400 g/mol. The van der Waals surface area contributed by atoms with Gasteiger partial charge in [-0.1, -0.05) is 30.3 Å². The summed E-state index contributed by atoms with van der Waals surface area (Å²) in [5.41, 5.74) is 5.87. The van der Waals surface area contributed by atoms with Crippen LogP contribution in [0.2, 0.25) is 0 Å². The molecule has 1 aromatic carbocycles. The van der Waals surface area contributed by atoms with Gasteiger partial charge in [-0.25, -0.2) is 0 Å². The van der Waals surface area contributed by atoms with Gasteiger partial charge < -0.3 is 30.7 Å². The maximum absolute atomic E-state index is 12.4. The van der Waals surface area contributed by atoms with E-state index >= 15 is 0 Å². The average Bonchev–Trinajstić information content (AvgIpc) is 3.30. The predicted molar refractivity (Wildman–Crippen MR) is 105 cm³/mol. The zero-order chi connectivity index (χ0) is 20.0. The van der Waals surface area contributed by atoms with E-state index in [-0.39, 0.29) is 35.3 Å². The number of fused-ring (bicyclic) bond motifs is 1. The number of rotatable bonds is 6. The topological polar surface area (TPSA) is 146 Å². The second kappa shape index (κ2) is 10.9. The van der Waals surface area contributed by atoms with Crippen LogP contribution in [-0.4, -0.2) is 91.7 Å². The number of aliphatic carboxylic acids is 1. The summed E-state index contributed by atoms with van der Waals surface area (Å²) in [6, 6.07) is 12.5. The number of nitrogens with zero attached hydrogens (tertiary/aromatic N) is 1. The van der Waals surface area contributed by atoms with Crippen LogP contribution in [-0.2, 0) is 11.3 Å². The van der Waals surface area contributed by atoms with Crippen molar-refractivity contribution in [2.45, 2.75) is 24.4 Å². The monoisotopic (exact) mass is 400 g/mol. The molecule has 2 aromatic rings. The van der Waals surface area contributed by atoms with Crippen LogP contribution in [0, 0.1) is 0 Å². The van der Waals surface area contributed by atoms with E-state index in [1.807, 2.05) is 22.8 Å². The van der Waals surface area contributed by atoms with E-state index in [0.29, 0.717) is 24.2 Å². The van der Waals surface area contributed by atoms with E-state index in [4.69, 9.17) is 26.2 Å². The van der Waals surface area contributed by atoms with Gasteiger partial charge in [-0.3, -0.25) is 9.59 Å². The Hall–Kier alpha value is -1.52. The maximum atomic E-state index is 12.4. The number of carboxylic acid groups (broad SMARTS) is 1. The van der Waals surface area contributed by atoms with E-state index < -0.39 is 37.2 Å². The molecule has 1 atom stereocenters. The van der Waals surface area contributed by atoms with Crippen molar-refractivity contribution in [3.8, 4) is 0 Å². The molecule has 2 heterocycles. The van der Waals surface area contributed by atoms with Crippen molar-refractivity contribution < 1.29 is 30.0 Å². The zero-order valence-electron chi connectivity index (χ0n) is 14.8. The van der Waals surface area contributed by atoms with Gasteiger partial charge in [0.1, 0.15) is 0 Å². The summed E-state index contributed by atoms with van der Waals surface area (Å²) in [5, 5.41) is 34.1. The van der Waals surface area contributed by atoms with E-state index in [0.717, 1.165) is 5.69 Å². The molecule has 1 aliphatic rings. The van der Waals surface area contributed by atoms with Crippen LogP contribution in [0.1, 0.15) is 34.1 Å². The fourth-order valence-corrected chi connectivity index (χ4v) is 2.78. The molecule has 0 radical (unpaired) electrons. The van der Waals surface area contributed by atoms with Gasteiger partial charge in [0.05, 0.1) is 37.0 Å². The number of carbonyl (C=O) groups excluding carboxylic acids is 1. The summed E-state index contributed by atoms with van der Waals surface area (Å²) in [5.74, 6) is -1.37. The summed E-state index contributed by atoms with van der Waals surface area (Å²) in [6.07, 6.45) is 0.556. The zero-order valence-corrected chi connectivity index (χ0v) is 14.8. The fraction of sp³-hybridized carbons (Fsp3) is 0.368. The van der Waals surface area contributed by atoms with Crippen molar-refractivity contribution in [2.75, 3.05) is 19.8 Å². The van der Waals surface area contributed by atoms with Gasteiger partial charge in [0.15, 0.2) is 0 Å². The minimum absolute atomic E-state index is 0. The molecule has 0 saturated carbocycles. The molecule has 1 aliphatic heterocycles. The Kier molecular flexibility index (Phi) is 9.52. The third-order valence-electron chi connectivity index (χ3n) is 4.52. The van der Waals surface area contributed by atoms with Crippen molar-refractivity contribution in [1.82, 2.24) is 4.57 Å². The van der Waals surface area contributed by atoms with Gasteiger partial charge in [0.25, 0.3) is 0 Å². The first-order valence-electron chi connectivity index (χ1n) is 8.50. The summed E-state index contributed by atoms with van der Waals surface area (Å²) < 4.78 is 1.83. The molecule has 0 aliphatic carbocycles. The Balaban J connectivity index is 0.000000376. The number of nitrogens with two attached hydrogens (primary N) is 1. The Morgan fingerprint density at radius 3 is 2.07 bits per heavy atom. The van der Waals surface area contributed by atoms with Crippen LogP contribution >= 0.6 is 0 Å². The molecular weight excluding hydrogens is 375 g/mol. The van der Waals surface area contributed by atoms with Crippen molar-refractivity contribution in [2.24, 2.45) is 5.73 Å². The van der Waals surface area contributed by atoms with Gasteiger partial charge in [0, 0.05) is 17.8 Å². The molecular formula is C19H25N2NaO6. The van der Waals surface area contributed by atoms with Crippen molar-refractivity contribution in [1.29, 1.82) is 0 Å². The normalized spacial score (nSPS) is 15.1. The van der Waals surface area contributed by atoms with E-state index in [1.165, 1.54) is 0 Å². The molecule has 148 valence electrons. The number of aliphatic hydroxyl groups excluding tert-OH is 3. The Morgan fingerprint density at radius 1 is 1.04 bits per heavy atom. The number of hydrogen-bond acceptors (Lipinski definition) is 6. The second-order valence-corrected chi connectivity index (χ2v) is 6.51. The number of hydrogen-bond donors (Lipinski definition) is 5. The van der Waals surface area contributed by atoms with Crippen LogP contribution in [0.4, 0.5) is 0 Å². The number of carboxylic acids is 1. The molecule has 0 bridgehead atoms. The van der Waals surface area contributed by atoms with Crippen LogP contribution in [0.15, 0.2) is 42.5 Å². The summed E-state index contributed by atoms with van der Waals surface area (Å²) in [4.78, 5) is 23.5. The van der Waals surface area contributed by atoms with E-state index in [9.17, 15) is 9.59 Å². The number of carbonyl (C=O) groups is 2. The molecule has 0 spiro atoms. The van der Waals surface area contributed by atoms with E-state index in [1.54, 1.807) is 24.3 Å². The van der Waals surface area contributed by atoms with Crippen LogP contribution < -0.4 is 5.73 Å². The van der Waals surface area contributed by atoms with Crippen LogP contribution in [0.5, 0.6) is 0 Å². The number of aliphatic hydroxyl groups is 3. The first-order chi connectivity index (χ1) is 12.9. The number of aromatic nitrogens is 1. The van der Waals surface area contributed by atoms with E-state index in [2.05, 4.69) is 0 Å². The summed E-state index contributed by atoms with van der Waals surface area (Å²) in [6.45, 7) is -0.618. The van der Waals surface area contributed by atoms with Gasteiger partial charge in [-0.15, -0.1) is 0 Å². The Bertz CT molecular complexity index is 781. The van der Waals surface area contributed by atoms with Crippen LogP contribution in [0.25, 0.3) is 0 Å². The van der Waals surface area contributed by atoms with Crippen molar-refractivity contribution >= 4 is 41.3 Å². The Morgan fingerprint density at radius 2 is 1.61 bits per heavy atom. The fourth-order valence-electron chi connectivity index (χ4n) is 2.78. The SMILES string of the molecule is NC(CO)(CO)CO.O=C(c1ccccc1)c1ccc2n1CCC2C(=O)O.[NaH]. The number of ketones is 1. The molecule has 1 unspecified atom stereocenters. The van der Waals surface area contributed by atoms with Gasteiger partial charge in [-0.2, -0.15) is 0 Å². The first kappa shape index (κ1) is 24.5. The van der Waals surface area contributed by atoms with Crippen molar-refractivity contribution in [3.63, 3.8) is 0 Å². The third kappa shape index (κ3) is 5.51. The third-order valence-corrected chi connectivity index (χ3v) is 4.52. The molecule has 28 heavy (non-hydrogen) atoms. The van der Waals surface area contributed by atoms with Gasteiger partial charge in [-0.05, 0) is 18.6 Å². The van der Waals surface area contributed by atoms with Crippen molar-refractivity contribution in [3.05, 3.63) is 59.4 Å². The first-order valence-corrected chi connectivity index (χ1v) is 8.50. The van der Waals surface area contributed by atoms with Gasteiger partial charge >= 0.3 is 35.5 Å². The molecule has 6 N–H and O–H groups in total. The summed E-state index contributed by atoms with van der Waals surface area (Å²) >= 11 is 0. The number of benzene rings is 1. The quantitative estimate of drug-likeness (QED) is 0.318. The molecule has 0 fully saturated rings. The Labute approximate surface area is 184 Å².